The lowest BCUT2D eigenvalue weighted by Crippen LogP contribution is -2.40. The first-order valence-corrected chi connectivity index (χ1v) is 8.12. The first kappa shape index (κ1) is 20.7. The highest BCUT2D eigenvalue weighted by molar-refractivity contribution is 7.99. The molecule has 2 N–H and O–H groups in total. The number of nitrogens with one attached hydrogen (secondary N) is 1. The summed E-state index contributed by atoms with van der Waals surface area (Å²) in [5.74, 6) is -3.99. The van der Waals surface area contributed by atoms with Gasteiger partial charge in [-0.25, -0.2) is 0 Å². The number of aliphatic carboxylic acids is 1. The van der Waals surface area contributed by atoms with Gasteiger partial charge in [0.2, 0.25) is 5.91 Å². The number of hydrogen-bond acceptors (Lipinski definition) is 4. The lowest BCUT2D eigenvalue weighted by molar-refractivity contribution is -0.143. The second kappa shape index (κ2) is 9.80. The number of nitrogens with zero attached hydrogens (tertiary/aromatic N) is 1. The van der Waals surface area contributed by atoms with E-state index < -0.39 is 11.7 Å². The summed E-state index contributed by atoms with van der Waals surface area (Å²) in [6.45, 7) is 1.20. The van der Waals surface area contributed by atoms with Gasteiger partial charge in [-0.3, -0.25) is 14.5 Å². The van der Waals surface area contributed by atoms with Gasteiger partial charge in [0.05, 0.1) is 18.2 Å². The number of thioether (sulfide) groups is 1. The highest BCUT2D eigenvalue weighted by atomic mass is 35.5. The van der Waals surface area contributed by atoms with Gasteiger partial charge in [-0.15, -0.1) is 12.4 Å². The van der Waals surface area contributed by atoms with Crippen LogP contribution < -0.4 is 5.32 Å². The van der Waals surface area contributed by atoms with Crippen molar-refractivity contribution in [3.05, 3.63) is 24.3 Å². The van der Waals surface area contributed by atoms with Crippen LogP contribution in [0.5, 0.6) is 0 Å². The molecule has 1 amide bonds. The van der Waals surface area contributed by atoms with Gasteiger partial charge in [0.1, 0.15) is 0 Å². The van der Waals surface area contributed by atoms with E-state index in [-0.39, 0.29) is 30.8 Å². The molecule has 1 fully saturated rings. The molecule has 24 heavy (non-hydrogen) atoms. The molecule has 1 heterocycles. The minimum Gasteiger partial charge on any atom is -0.481 e. The number of alkyl halides is 2. The number of amides is 1. The van der Waals surface area contributed by atoms with Crippen LogP contribution in [0.3, 0.4) is 0 Å². The van der Waals surface area contributed by atoms with Crippen LogP contribution in [-0.4, -0.2) is 47.3 Å². The SMILES string of the molecule is Cl.O=C(CN1CCC(C(=O)O)CC1)Nc1ccccc1SC(F)F. The Bertz CT molecular complexity index is 569. The van der Waals surface area contributed by atoms with Gasteiger partial charge < -0.3 is 10.4 Å². The van der Waals surface area contributed by atoms with Gasteiger partial charge in [-0.1, -0.05) is 23.9 Å². The molecular formula is C15H19ClF2N2O3S. The number of carboxylic acids is 1. The van der Waals surface area contributed by atoms with E-state index in [1.54, 1.807) is 18.2 Å². The Morgan fingerprint density at radius 3 is 2.50 bits per heavy atom. The summed E-state index contributed by atoms with van der Waals surface area (Å²) in [4.78, 5) is 25.1. The molecule has 0 atom stereocenters. The number of para-hydroxylation sites is 1. The molecule has 0 aromatic heterocycles. The molecule has 1 aliphatic rings. The van der Waals surface area contributed by atoms with Gasteiger partial charge in [0, 0.05) is 4.90 Å². The van der Waals surface area contributed by atoms with Crippen molar-refractivity contribution in [3.63, 3.8) is 0 Å². The van der Waals surface area contributed by atoms with Crippen molar-refractivity contribution in [2.75, 3.05) is 25.0 Å². The molecule has 1 aromatic carbocycles. The minimum absolute atomic E-state index is 0. The number of likely N-dealkylation sites (tertiary alicyclic amines) is 1. The lowest BCUT2D eigenvalue weighted by atomic mass is 9.97. The maximum Gasteiger partial charge on any atom is 0.306 e. The van der Waals surface area contributed by atoms with Crippen LogP contribution in [0.4, 0.5) is 14.5 Å². The molecule has 0 saturated carbocycles. The highest BCUT2D eigenvalue weighted by Gasteiger charge is 2.25. The lowest BCUT2D eigenvalue weighted by Gasteiger charge is -2.29. The zero-order valence-corrected chi connectivity index (χ0v) is 14.4. The number of benzene rings is 1. The number of halogens is 3. The van der Waals surface area contributed by atoms with E-state index in [1.807, 2.05) is 4.90 Å². The van der Waals surface area contributed by atoms with E-state index in [4.69, 9.17) is 5.11 Å². The molecule has 2 rings (SSSR count). The third-order valence-corrected chi connectivity index (χ3v) is 4.47. The summed E-state index contributed by atoms with van der Waals surface area (Å²) in [6.07, 6.45) is 1.03. The summed E-state index contributed by atoms with van der Waals surface area (Å²) in [6, 6.07) is 6.42. The molecule has 0 bridgehead atoms. The topological polar surface area (TPSA) is 69.6 Å². The van der Waals surface area contributed by atoms with Crippen LogP contribution in [0.2, 0.25) is 0 Å². The predicted octanol–water partition coefficient (Wildman–Crippen LogP) is 3.16. The number of carbonyl (C=O) groups is 2. The molecule has 5 nitrogen and oxygen atoms in total. The van der Waals surface area contributed by atoms with Gasteiger partial charge in [0.25, 0.3) is 5.76 Å². The van der Waals surface area contributed by atoms with Crippen molar-refractivity contribution in [3.8, 4) is 0 Å². The second-order valence-corrected chi connectivity index (χ2v) is 6.34. The number of piperidine rings is 1. The van der Waals surface area contributed by atoms with Crippen molar-refractivity contribution in [2.45, 2.75) is 23.5 Å². The zero-order chi connectivity index (χ0) is 16.8. The number of hydrogen-bond donors (Lipinski definition) is 2. The largest absolute Gasteiger partial charge is 0.481 e. The molecule has 1 aliphatic heterocycles. The van der Waals surface area contributed by atoms with Crippen molar-refractivity contribution in [2.24, 2.45) is 5.92 Å². The Balaban J connectivity index is 0.00000288. The summed E-state index contributed by atoms with van der Waals surface area (Å²) >= 11 is 0.390. The molecule has 134 valence electrons. The van der Waals surface area contributed by atoms with Crippen LogP contribution in [0, 0.1) is 5.92 Å². The van der Waals surface area contributed by atoms with Crippen LogP contribution in [0.25, 0.3) is 0 Å². The number of anilines is 1. The third kappa shape index (κ3) is 6.26. The van der Waals surface area contributed by atoms with E-state index in [0.717, 1.165) is 0 Å². The van der Waals surface area contributed by atoms with E-state index in [0.29, 0.717) is 48.3 Å². The quantitative estimate of drug-likeness (QED) is 0.742. The molecule has 0 aliphatic carbocycles. The molecular weight excluding hydrogens is 362 g/mol. The van der Waals surface area contributed by atoms with Gasteiger partial charge >= 0.3 is 5.97 Å². The monoisotopic (exact) mass is 380 g/mol. The van der Waals surface area contributed by atoms with Crippen LogP contribution in [-0.2, 0) is 9.59 Å². The van der Waals surface area contributed by atoms with Crippen molar-refractivity contribution in [1.82, 2.24) is 4.90 Å². The fraction of sp³-hybridized carbons (Fsp3) is 0.467. The van der Waals surface area contributed by atoms with E-state index in [2.05, 4.69) is 5.32 Å². The maximum absolute atomic E-state index is 12.5. The average Bonchev–Trinajstić information content (AvgIpc) is 2.49. The van der Waals surface area contributed by atoms with Crippen LogP contribution in [0.15, 0.2) is 29.2 Å². The first-order valence-electron chi connectivity index (χ1n) is 7.24. The fourth-order valence-electron chi connectivity index (χ4n) is 2.50. The summed E-state index contributed by atoms with van der Waals surface area (Å²) in [7, 11) is 0. The van der Waals surface area contributed by atoms with Crippen LogP contribution >= 0.6 is 24.2 Å². The zero-order valence-electron chi connectivity index (χ0n) is 12.8. The van der Waals surface area contributed by atoms with Crippen molar-refractivity contribution >= 4 is 41.7 Å². The molecule has 9 heteroatoms. The molecule has 0 radical (unpaired) electrons. The maximum atomic E-state index is 12.5. The fourth-order valence-corrected chi connectivity index (χ4v) is 3.09. The van der Waals surface area contributed by atoms with E-state index in [1.165, 1.54) is 6.07 Å². The minimum atomic E-state index is -2.55. The van der Waals surface area contributed by atoms with E-state index >= 15 is 0 Å². The summed E-state index contributed by atoms with van der Waals surface area (Å²) < 4.78 is 25.0. The molecule has 1 aromatic rings. The Kier molecular flexibility index (Phi) is 8.44. The van der Waals surface area contributed by atoms with Crippen molar-refractivity contribution < 1.29 is 23.5 Å². The Hall–Kier alpha value is -1.38. The van der Waals surface area contributed by atoms with Gasteiger partial charge in [-0.05, 0) is 38.1 Å². The Morgan fingerprint density at radius 1 is 1.29 bits per heavy atom. The number of carboxylic acid groups (broad SMARTS) is 1. The average molecular weight is 381 g/mol. The van der Waals surface area contributed by atoms with Gasteiger partial charge in [0.15, 0.2) is 0 Å². The number of carbonyl (C=O) groups excluding carboxylic acids is 1. The highest BCUT2D eigenvalue weighted by Crippen LogP contribution is 2.31. The van der Waals surface area contributed by atoms with Crippen LogP contribution in [0.1, 0.15) is 12.8 Å². The molecule has 1 saturated heterocycles. The smallest absolute Gasteiger partial charge is 0.306 e. The molecule has 0 unspecified atom stereocenters. The predicted molar refractivity (Wildman–Crippen MR) is 91.0 cm³/mol. The summed E-state index contributed by atoms with van der Waals surface area (Å²) in [5, 5.41) is 11.6. The molecule has 0 spiro atoms. The standard InChI is InChI=1S/C15H18F2N2O3S.ClH/c16-15(17)23-12-4-2-1-3-11(12)18-13(20)9-19-7-5-10(6-8-19)14(21)22;/h1-4,10,15H,5-9H2,(H,18,20)(H,21,22);1H. The van der Waals surface area contributed by atoms with Gasteiger partial charge in [-0.2, -0.15) is 8.78 Å². The second-order valence-electron chi connectivity index (χ2n) is 5.31. The van der Waals surface area contributed by atoms with Crippen molar-refractivity contribution in [1.29, 1.82) is 0 Å². The van der Waals surface area contributed by atoms with E-state index in [9.17, 15) is 18.4 Å². The third-order valence-electron chi connectivity index (χ3n) is 3.68. The Labute approximate surface area is 149 Å². The Morgan fingerprint density at radius 2 is 1.92 bits per heavy atom. The number of rotatable bonds is 6. The normalized spacial score (nSPS) is 15.8. The first-order chi connectivity index (χ1) is 11.0. The summed E-state index contributed by atoms with van der Waals surface area (Å²) in [5.41, 5.74) is 0.364.